The summed E-state index contributed by atoms with van der Waals surface area (Å²) in [5.41, 5.74) is 0.144. The topological polar surface area (TPSA) is 12.5 Å². The van der Waals surface area contributed by atoms with Crippen molar-refractivity contribution in [3.63, 3.8) is 0 Å². The summed E-state index contributed by atoms with van der Waals surface area (Å²) in [5.74, 6) is 6.49. The molecule has 1 rings (SSSR count). The molecule has 0 N–H and O–H groups in total. The third-order valence-electron chi connectivity index (χ3n) is 2.12. The van der Waals surface area contributed by atoms with Crippen LogP contribution in [0.25, 0.3) is 0 Å². The molecule has 1 heterocycles. The number of nitrogens with zero attached hydrogens (tertiary/aromatic N) is 1. The Bertz CT molecular complexity index is 213. The summed E-state index contributed by atoms with van der Waals surface area (Å²) in [5, 5.41) is 0. The van der Waals surface area contributed by atoms with E-state index in [0.717, 1.165) is 39.3 Å². The highest BCUT2D eigenvalue weighted by Gasteiger charge is 2.08. The first-order chi connectivity index (χ1) is 6.58. The zero-order valence-corrected chi connectivity index (χ0v) is 9.60. The molecule has 0 bridgehead atoms. The summed E-state index contributed by atoms with van der Waals surface area (Å²) in [4.78, 5) is 2.42. The highest BCUT2D eigenvalue weighted by Crippen LogP contribution is 2.09. The fraction of sp³-hybridized carbons (Fsp3) is 0.833. The van der Waals surface area contributed by atoms with E-state index in [9.17, 15) is 0 Å². The van der Waals surface area contributed by atoms with Crippen molar-refractivity contribution in [2.75, 3.05) is 32.8 Å². The molecule has 0 amide bonds. The predicted octanol–water partition coefficient (Wildman–Crippen LogP) is 1.76. The maximum absolute atomic E-state index is 5.28. The molecule has 0 aromatic carbocycles. The van der Waals surface area contributed by atoms with Crippen LogP contribution in [0.15, 0.2) is 0 Å². The molecule has 2 nitrogen and oxygen atoms in total. The normalized spacial score (nSPS) is 18.8. The molecular formula is C12H21NO. The minimum absolute atomic E-state index is 0.144. The molecule has 0 saturated carbocycles. The second-order valence-electron chi connectivity index (χ2n) is 4.76. The van der Waals surface area contributed by atoms with Crippen LogP contribution >= 0.6 is 0 Å². The summed E-state index contributed by atoms with van der Waals surface area (Å²) < 4.78 is 5.28. The number of rotatable bonds is 2. The van der Waals surface area contributed by atoms with Crippen molar-refractivity contribution < 1.29 is 4.74 Å². The molecule has 14 heavy (non-hydrogen) atoms. The van der Waals surface area contributed by atoms with Crippen LogP contribution in [0.5, 0.6) is 0 Å². The van der Waals surface area contributed by atoms with Gasteiger partial charge in [0.25, 0.3) is 0 Å². The van der Waals surface area contributed by atoms with Gasteiger partial charge < -0.3 is 4.74 Å². The molecule has 0 atom stereocenters. The molecule has 0 aliphatic carbocycles. The molecule has 1 saturated heterocycles. The highest BCUT2D eigenvalue weighted by atomic mass is 16.5. The molecular weight excluding hydrogens is 174 g/mol. The van der Waals surface area contributed by atoms with Gasteiger partial charge in [0.1, 0.15) is 0 Å². The monoisotopic (exact) mass is 195 g/mol. The summed E-state index contributed by atoms with van der Waals surface area (Å²) in [6.07, 6.45) is 0.983. The number of ether oxygens (including phenoxy) is 1. The standard InChI is InChI=1S/C12H21NO/c1-12(2,3)6-4-5-7-13-8-10-14-11-9-13/h5,7-11H2,1-3H3. The lowest BCUT2D eigenvalue weighted by atomic mass is 9.98. The van der Waals surface area contributed by atoms with Gasteiger partial charge in [-0.05, 0) is 20.8 Å². The van der Waals surface area contributed by atoms with Gasteiger partial charge >= 0.3 is 0 Å². The van der Waals surface area contributed by atoms with Gasteiger partial charge in [-0.25, -0.2) is 0 Å². The smallest absolute Gasteiger partial charge is 0.0594 e. The summed E-state index contributed by atoms with van der Waals surface area (Å²) >= 11 is 0. The summed E-state index contributed by atoms with van der Waals surface area (Å²) in [6, 6.07) is 0. The molecule has 2 heteroatoms. The first kappa shape index (κ1) is 11.6. The van der Waals surface area contributed by atoms with Gasteiger partial charge in [-0.15, -0.1) is 5.92 Å². The summed E-state index contributed by atoms with van der Waals surface area (Å²) in [6.45, 7) is 11.4. The van der Waals surface area contributed by atoms with Gasteiger partial charge in [-0.2, -0.15) is 0 Å². The molecule has 0 unspecified atom stereocenters. The highest BCUT2D eigenvalue weighted by molar-refractivity contribution is 5.07. The van der Waals surface area contributed by atoms with Crippen molar-refractivity contribution in [2.45, 2.75) is 27.2 Å². The van der Waals surface area contributed by atoms with Crippen LogP contribution in [0.3, 0.4) is 0 Å². The molecule has 1 aliphatic heterocycles. The lowest BCUT2D eigenvalue weighted by molar-refractivity contribution is 0.0390. The van der Waals surface area contributed by atoms with E-state index in [0.29, 0.717) is 0 Å². The predicted molar refractivity (Wildman–Crippen MR) is 59.1 cm³/mol. The zero-order chi connectivity index (χ0) is 10.4. The Morgan fingerprint density at radius 3 is 2.43 bits per heavy atom. The second kappa shape index (κ2) is 5.38. The van der Waals surface area contributed by atoms with E-state index < -0.39 is 0 Å². The van der Waals surface area contributed by atoms with Crippen molar-refractivity contribution in [3.8, 4) is 11.8 Å². The first-order valence-electron chi connectivity index (χ1n) is 5.38. The lowest BCUT2D eigenvalue weighted by Gasteiger charge is -2.25. The van der Waals surface area contributed by atoms with Crippen molar-refractivity contribution in [1.82, 2.24) is 4.90 Å². The Morgan fingerprint density at radius 1 is 1.21 bits per heavy atom. The van der Waals surface area contributed by atoms with Crippen LogP contribution in [-0.4, -0.2) is 37.7 Å². The average Bonchev–Trinajstić information content (AvgIpc) is 2.13. The van der Waals surface area contributed by atoms with Crippen LogP contribution in [0.1, 0.15) is 27.2 Å². The Hall–Kier alpha value is -0.520. The largest absolute Gasteiger partial charge is 0.379 e. The van der Waals surface area contributed by atoms with E-state index >= 15 is 0 Å². The number of hydrogen-bond acceptors (Lipinski definition) is 2. The third kappa shape index (κ3) is 5.26. The fourth-order valence-corrected chi connectivity index (χ4v) is 1.37. The van der Waals surface area contributed by atoms with Gasteiger partial charge in [0.15, 0.2) is 0 Å². The maximum Gasteiger partial charge on any atom is 0.0594 e. The maximum atomic E-state index is 5.28. The molecule has 0 aromatic heterocycles. The quantitative estimate of drug-likeness (QED) is 0.623. The van der Waals surface area contributed by atoms with E-state index in [1.54, 1.807) is 0 Å². The van der Waals surface area contributed by atoms with E-state index in [-0.39, 0.29) is 5.41 Å². The Kier molecular flexibility index (Phi) is 4.44. The Balaban J connectivity index is 2.16. The number of morpholine rings is 1. The average molecular weight is 195 g/mol. The van der Waals surface area contributed by atoms with Crippen LogP contribution in [0.2, 0.25) is 0 Å². The lowest BCUT2D eigenvalue weighted by Crippen LogP contribution is -2.36. The van der Waals surface area contributed by atoms with Gasteiger partial charge in [0, 0.05) is 31.5 Å². The van der Waals surface area contributed by atoms with Gasteiger partial charge in [0.2, 0.25) is 0 Å². The molecule has 1 aliphatic rings. The SMILES string of the molecule is CC(C)(C)C#CCCN1CCOCC1. The van der Waals surface area contributed by atoms with Crippen LogP contribution in [-0.2, 0) is 4.74 Å². The molecule has 0 aromatic rings. The summed E-state index contributed by atoms with van der Waals surface area (Å²) in [7, 11) is 0. The van der Waals surface area contributed by atoms with E-state index in [1.807, 2.05) is 0 Å². The van der Waals surface area contributed by atoms with Gasteiger partial charge in [-0.1, -0.05) is 5.92 Å². The van der Waals surface area contributed by atoms with E-state index in [4.69, 9.17) is 4.74 Å². The molecule has 80 valence electrons. The first-order valence-corrected chi connectivity index (χ1v) is 5.38. The van der Waals surface area contributed by atoms with Crippen molar-refractivity contribution in [2.24, 2.45) is 5.41 Å². The van der Waals surface area contributed by atoms with Crippen molar-refractivity contribution in [3.05, 3.63) is 0 Å². The third-order valence-corrected chi connectivity index (χ3v) is 2.12. The zero-order valence-electron chi connectivity index (χ0n) is 9.60. The molecule has 1 fully saturated rings. The molecule has 0 spiro atoms. The van der Waals surface area contributed by atoms with Crippen LogP contribution in [0.4, 0.5) is 0 Å². The Labute approximate surface area is 87.6 Å². The Morgan fingerprint density at radius 2 is 1.86 bits per heavy atom. The van der Waals surface area contributed by atoms with Gasteiger partial charge in [0.05, 0.1) is 13.2 Å². The van der Waals surface area contributed by atoms with Crippen LogP contribution in [0, 0.1) is 17.3 Å². The number of hydrogen-bond donors (Lipinski definition) is 0. The second-order valence-corrected chi connectivity index (χ2v) is 4.76. The fourth-order valence-electron chi connectivity index (χ4n) is 1.37. The van der Waals surface area contributed by atoms with Gasteiger partial charge in [-0.3, -0.25) is 4.90 Å². The van der Waals surface area contributed by atoms with E-state index in [1.165, 1.54) is 0 Å². The van der Waals surface area contributed by atoms with Crippen molar-refractivity contribution >= 4 is 0 Å². The van der Waals surface area contributed by atoms with Crippen LogP contribution < -0.4 is 0 Å². The van der Waals surface area contributed by atoms with Crippen molar-refractivity contribution in [1.29, 1.82) is 0 Å². The minimum Gasteiger partial charge on any atom is -0.379 e. The minimum atomic E-state index is 0.144. The van der Waals surface area contributed by atoms with E-state index in [2.05, 4.69) is 37.5 Å². The molecule has 0 radical (unpaired) electrons.